The Bertz CT molecular complexity index is 584. The van der Waals surface area contributed by atoms with E-state index in [2.05, 4.69) is 45.0 Å². The molecule has 0 heterocycles. The van der Waals surface area contributed by atoms with Crippen LogP contribution >= 0.6 is 0 Å². The zero-order valence-electron chi connectivity index (χ0n) is 16.5. The minimum absolute atomic E-state index is 0.214. The van der Waals surface area contributed by atoms with Crippen LogP contribution in [-0.2, 0) is 21.7 Å². The lowest BCUT2D eigenvalue weighted by molar-refractivity contribution is 0.552. The zero-order chi connectivity index (χ0) is 18.4. The molecule has 0 aliphatic carbocycles. The third kappa shape index (κ3) is 6.96. The van der Waals surface area contributed by atoms with E-state index in [1.807, 2.05) is 0 Å². The molecule has 1 rings (SSSR count). The summed E-state index contributed by atoms with van der Waals surface area (Å²) in [5.41, 5.74) is 3.00. The molecule has 0 atom stereocenters. The number of benzene rings is 1. The van der Waals surface area contributed by atoms with Crippen molar-refractivity contribution in [2.24, 2.45) is 0 Å². The average molecular weight is 353 g/mol. The SMILES string of the molecule is CC(C)(C)c1ccc(CCCCCCCS(=O)(=O)C(C)(C)C)cc1. The van der Waals surface area contributed by atoms with Crippen LogP contribution in [0.5, 0.6) is 0 Å². The third-order valence-corrected chi connectivity index (χ3v) is 7.32. The molecule has 0 radical (unpaired) electrons. The minimum Gasteiger partial charge on any atom is -0.228 e. The van der Waals surface area contributed by atoms with Gasteiger partial charge in [0.25, 0.3) is 0 Å². The average Bonchev–Trinajstić information content (AvgIpc) is 2.44. The molecule has 0 fully saturated rings. The summed E-state index contributed by atoms with van der Waals surface area (Å²) >= 11 is 0. The van der Waals surface area contributed by atoms with E-state index in [4.69, 9.17) is 0 Å². The van der Waals surface area contributed by atoms with E-state index >= 15 is 0 Å². The predicted octanol–water partition coefficient (Wildman–Crippen LogP) is 5.69. The Morgan fingerprint density at radius 1 is 0.750 bits per heavy atom. The largest absolute Gasteiger partial charge is 0.228 e. The van der Waals surface area contributed by atoms with E-state index in [1.165, 1.54) is 24.0 Å². The fraction of sp³-hybridized carbons (Fsp3) is 0.714. The van der Waals surface area contributed by atoms with E-state index in [1.54, 1.807) is 20.8 Å². The highest BCUT2D eigenvalue weighted by molar-refractivity contribution is 7.92. The van der Waals surface area contributed by atoms with Crippen LogP contribution in [0, 0.1) is 0 Å². The quantitative estimate of drug-likeness (QED) is 0.563. The topological polar surface area (TPSA) is 34.1 Å². The van der Waals surface area contributed by atoms with Crippen molar-refractivity contribution in [1.82, 2.24) is 0 Å². The molecule has 1 aromatic rings. The van der Waals surface area contributed by atoms with Crippen LogP contribution in [-0.4, -0.2) is 18.9 Å². The minimum atomic E-state index is -2.95. The Morgan fingerprint density at radius 3 is 1.75 bits per heavy atom. The number of hydrogen-bond donors (Lipinski definition) is 0. The summed E-state index contributed by atoms with van der Waals surface area (Å²) in [4.78, 5) is 0. The van der Waals surface area contributed by atoms with Gasteiger partial charge in [0.15, 0.2) is 9.84 Å². The van der Waals surface area contributed by atoms with Crippen molar-refractivity contribution in [2.45, 2.75) is 90.2 Å². The summed E-state index contributed by atoms with van der Waals surface area (Å²) < 4.78 is 23.4. The fourth-order valence-corrected chi connectivity index (χ4v) is 3.83. The molecule has 24 heavy (non-hydrogen) atoms. The molecule has 0 aliphatic heterocycles. The maximum Gasteiger partial charge on any atom is 0.155 e. The van der Waals surface area contributed by atoms with Crippen molar-refractivity contribution in [3.8, 4) is 0 Å². The van der Waals surface area contributed by atoms with Crippen molar-refractivity contribution in [2.75, 3.05) is 5.75 Å². The molecule has 1 aromatic carbocycles. The Hall–Kier alpha value is -0.830. The number of hydrogen-bond acceptors (Lipinski definition) is 2. The lowest BCUT2D eigenvalue weighted by Gasteiger charge is -2.19. The van der Waals surface area contributed by atoms with Crippen LogP contribution in [0.4, 0.5) is 0 Å². The molecule has 2 nitrogen and oxygen atoms in total. The molecule has 0 N–H and O–H groups in total. The highest BCUT2D eigenvalue weighted by Gasteiger charge is 2.27. The van der Waals surface area contributed by atoms with Gasteiger partial charge in [-0.05, 0) is 56.6 Å². The lowest BCUT2D eigenvalue weighted by Crippen LogP contribution is -2.30. The van der Waals surface area contributed by atoms with Gasteiger partial charge in [0.05, 0.1) is 10.5 Å². The number of sulfone groups is 1. The van der Waals surface area contributed by atoms with Gasteiger partial charge in [-0.3, -0.25) is 0 Å². The van der Waals surface area contributed by atoms with Gasteiger partial charge in [0.1, 0.15) is 0 Å². The third-order valence-electron chi connectivity index (χ3n) is 4.63. The van der Waals surface area contributed by atoms with Crippen molar-refractivity contribution >= 4 is 9.84 Å². The van der Waals surface area contributed by atoms with Crippen molar-refractivity contribution in [3.05, 3.63) is 35.4 Å². The van der Waals surface area contributed by atoms with Crippen LogP contribution < -0.4 is 0 Å². The molecular formula is C21H36O2S. The second-order valence-electron chi connectivity index (χ2n) is 8.90. The molecule has 0 amide bonds. The van der Waals surface area contributed by atoms with Gasteiger partial charge >= 0.3 is 0 Å². The molecular weight excluding hydrogens is 316 g/mol. The highest BCUT2D eigenvalue weighted by atomic mass is 32.2. The van der Waals surface area contributed by atoms with Gasteiger partial charge in [0, 0.05) is 0 Å². The number of unbranched alkanes of at least 4 members (excludes halogenated alkanes) is 4. The van der Waals surface area contributed by atoms with Gasteiger partial charge in [-0.1, -0.05) is 64.3 Å². The first kappa shape index (κ1) is 21.2. The standard InChI is InChI=1S/C21H36O2S/c1-20(2,3)19-15-13-18(14-16-19)12-10-8-7-9-11-17-24(22,23)21(4,5)6/h13-16H,7-12,17H2,1-6H3. The molecule has 0 bridgehead atoms. The summed E-state index contributed by atoms with van der Waals surface area (Å²) in [6.07, 6.45) is 6.40. The first-order valence-electron chi connectivity index (χ1n) is 9.25. The lowest BCUT2D eigenvalue weighted by atomic mass is 9.86. The number of aryl methyl sites for hydroxylation is 1. The first-order chi connectivity index (χ1) is 10.9. The van der Waals surface area contributed by atoms with Gasteiger partial charge in [-0.2, -0.15) is 0 Å². The smallest absolute Gasteiger partial charge is 0.155 e. The van der Waals surface area contributed by atoms with Crippen LogP contribution in [0.25, 0.3) is 0 Å². The van der Waals surface area contributed by atoms with Crippen LogP contribution in [0.2, 0.25) is 0 Å². The molecule has 0 spiro atoms. The van der Waals surface area contributed by atoms with Gasteiger partial charge in [-0.15, -0.1) is 0 Å². The molecule has 0 saturated heterocycles. The van der Waals surface area contributed by atoms with E-state index in [0.717, 1.165) is 25.7 Å². The Morgan fingerprint density at radius 2 is 1.25 bits per heavy atom. The molecule has 3 heteroatoms. The monoisotopic (exact) mass is 352 g/mol. The number of rotatable bonds is 8. The zero-order valence-corrected chi connectivity index (χ0v) is 17.3. The van der Waals surface area contributed by atoms with Crippen LogP contribution in [0.3, 0.4) is 0 Å². The van der Waals surface area contributed by atoms with Gasteiger partial charge in [0.2, 0.25) is 0 Å². The van der Waals surface area contributed by atoms with E-state index in [-0.39, 0.29) is 5.41 Å². The van der Waals surface area contributed by atoms with E-state index < -0.39 is 14.6 Å². The molecule has 0 aromatic heterocycles. The Labute approximate surface area is 150 Å². The van der Waals surface area contributed by atoms with Crippen molar-refractivity contribution in [3.63, 3.8) is 0 Å². The van der Waals surface area contributed by atoms with Gasteiger partial charge < -0.3 is 0 Å². The summed E-state index contributed by atoms with van der Waals surface area (Å²) in [6.45, 7) is 12.1. The fourth-order valence-electron chi connectivity index (χ4n) is 2.63. The van der Waals surface area contributed by atoms with Gasteiger partial charge in [-0.25, -0.2) is 8.42 Å². The molecule has 0 saturated carbocycles. The maximum atomic E-state index is 12.0. The van der Waals surface area contributed by atoms with E-state index in [9.17, 15) is 8.42 Å². The second kappa shape index (κ2) is 8.51. The predicted molar refractivity (Wildman–Crippen MR) is 105 cm³/mol. The van der Waals surface area contributed by atoms with Crippen LogP contribution in [0.1, 0.15) is 84.8 Å². The van der Waals surface area contributed by atoms with E-state index in [0.29, 0.717) is 5.75 Å². The summed E-state index contributed by atoms with van der Waals surface area (Å²) in [5, 5.41) is 0. The highest BCUT2D eigenvalue weighted by Crippen LogP contribution is 2.23. The molecule has 138 valence electrons. The maximum absolute atomic E-state index is 12.0. The summed E-state index contributed by atoms with van der Waals surface area (Å²) in [5.74, 6) is 0.324. The normalized spacial score (nSPS) is 13.2. The summed E-state index contributed by atoms with van der Waals surface area (Å²) in [6, 6.07) is 8.98. The van der Waals surface area contributed by atoms with Crippen molar-refractivity contribution in [1.29, 1.82) is 0 Å². The first-order valence-corrected chi connectivity index (χ1v) is 10.9. The molecule has 0 unspecified atom stereocenters. The summed E-state index contributed by atoms with van der Waals surface area (Å²) in [7, 11) is -2.95. The van der Waals surface area contributed by atoms with Crippen LogP contribution in [0.15, 0.2) is 24.3 Å². The molecule has 0 aliphatic rings. The Kier molecular flexibility index (Phi) is 7.52. The second-order valence-corrected chi connectivity index (χ2v) is 11.8. The van der Waals surface area contributed by atoms with Crippen molar-refractivity contribution < 1.29 is 8.42 Å². The Balaban J connectivity index is 2.21.